The van der Waals surface area contributed by atoms with Crippen molar-refractivity contribution in [3.05, 3.63) is 0 Å². The van der Waals surface area contributed by atoms with Gasteiger partial charge in [0.15, 0.2) is 0 Å². The summed E-state index contributed by atoms with van der Waals surface area (Å²) in [6.45, 7) is 7.50. The number of nitrogens with one attached hydrogen (secondary N) is 2. The van der Waals surface area contributed by atoms with Gasteiger partial charge in [0.2, 0.25) is 11.8 Å². The second kappa shape index (κ2) is 6.57. The van der Waals surface area contributed by atoms with E-state index in [1.165, 1.54) is 12.8 Å². The summed E-state index contributed by atoms with van der Waals surface area (Å²) >= 11 is 0. The minimum absolute atomic E-state index is 0.0730. The maximum atomic E-state index is 12.6. The van der Waals surface area contributed by atoms with Crippen LogP contribution in [0.3, 0.4) is 0 Å². The van der Waals surface area contributed by atoms with Crippen LogP contribution in [0.15, 0.2) is 0 Å². The van der Waals surface area contributed by atoms with E-state index in [1.807, 2.05) is 20.8 Å². The molecule has 1 heterocycles. The van der Waals surface area contributed by atoms with Gasteiger partial charge in [-0.15, -0.1) is 0 Å². The van der Waals surface area contributed by atoms with E-state index in [1.54, 1.807) is 4.90 Å². The highest BCUT2D eigenvalue weighted by Crippen LogP contribution is 2.38. The van der Waals surface area contributed by atoms with Crippen LogP contribution in [0, 0.1) is 11.8 Å². The summed E-state index contributed by atoms with van der Waals surface area (Å²) in [5.74, 6) is 1.16. The van der Waals surface area contributed by atoms with Gasteiger partial charge in [0.25, 0.3) is 0 Å². The Morgan fingerprint density at radius 3 is 2.75 bits per heavy atom. The fraction of sp³-hybridized carbons (Fsp3) is 0.867. The van der Waals surface area contributed by atoms with Gasteiger partial charge in [-0.25, -0.2) is 0 Å². The van der Waals surface area contributed by atoms with Gasteiger partial charge in [-0.3, -0.25) is 9.59 Å². The number of fused-ring (bicyclic) bond motifs is 1. The number of carbonyl (C=O) groups excluding carboxylic acids is 2. The standard InChI is InChI=1S/C15H27N3O2/c1-4-18(9-13(19)17-10(2)3)15(20)14-12-7-5-6-11(12)8-16-14/h10-12,14,16H,4-9H2,1-3H3,(H,17,19). The molecule has 5 heteroatoms. The number of hydrogen-bond donors (Lipinski definition) is 2. The molecule has 3 atom stereocenters. The highest BCUT2D eigenvalue weighted by molar-refractivity contribution is 5.88. The summed E-state index contributed by atoms with van der Waals surface area (Å²) in [6.07, 6.45) is 3.62. The minimum Gasteiger partial charge on any atom is -0.352 e. The lowest BCUT2D eigenvalue weighted by atomic mass is 9.93. The summed E-state index contributed by atoms with van der Waals surface area (Å²) in [4.78, 5) is 26.1. The number of hydrogen-bond acceptors (Lipinski definition) is 3. The normalized spacial score (nSPS) is 28.5. The lowest BCUT2D eigenvalue weighted by Crippen LogP contribution is -2.50. The molecule has 1 aliphatic carbocycles. The molecule has 0 spiro atoms. The lowest BCUT2D eigenvalue weighted by molar-refractivity contribution is -0.138. The van der Waals surface area contributed by atoms with Crippen LogP contribution in [-0.4, -0.2) is 48.4 Å². The van der Waals surface area contributed by atoms with Crippen molar-refractivity contribution in [2.24, 2.45) is 11.8 Å². The first kappa shape index (κ1) is 15.3. The second-order valence-electron chi connectivity index (χ2n) is 6.32. The predicted octanol–water partition coefficient (Wildman–Crippen LogP) is 0.748. The van der Waals surface area contributed by atoms with E-state index in [4.69, 9.17) is 0 Å². The fourth-order valence-corrected chi connectivity index (χ4v) is 3.54. The van der Waals surface area contributed by atoms with Crippen molar-refractivity contribution in [2.75, 3.05) is 19.6 Å². The van der Waals surface area contributed by atoms with Crippen LogP contribution < -0.4 is 10.6 Å². The molecule has 2 amide bonds. The molecule has 1 aliphatic heterocycles. The van der Waals surface area contributed by atoms with E-state index in [0.717, 1.165) is 13.0 Å². The molecular weight excluding hydrogens is 254 g/mol. The molecule has 0 aromatic heterocycles. The lowest BCUT2D eigenvalue weighted by Gasteiger charge is -2.27. The number of nitrogens with zero attached hydrogens (tertiary/aromatic N) is 1. The van der Waals surface area contributed by atoms with Gasteiger partial charge >= 0.3 is 0 Å². The average Bonchev–Trinajstić information content (AvgIpc) is 2.96. The maximum Gasteiger partial charge on any atom is 0.240 e. The molecule has 1 saturated carbocycles. The Hall–Kier alpha value is -1.10. The molecule has 5 nitrogen and oxygen atoms in total. The zero-order valence-electron chi connectivity index (χ0n) is 12.8. The first-order valence-electron chi connectivity index (χ1n) is 7.84. The summed E-state index contributed by atoms with van der Waals surface area (Å²) in [7, 11) is 0. The number of carbonyl (C=O) groups is 2. The second-order valence-corrected chi connectivity index (χ2v) is 6.32. The zero-order valence-corrected chi connectivity index (χ0v) is 12.8. The van der Waals surface area contributed by atoms with Gasteiger partial charge < -0.3 is 15.5 Å². The summed E-state index contributed by atoms with van der Waals surface area (Å²) in [5.41, 5.74) is 0. The zero-order chi connectivity index (χ0) is 14.7. The van der Waals surface area contributed by atoms with Gasteiger partial charge in [-0.05, 0) is 52.0 Å². The van der Waals surface area contributed by atoms with Crippen LogP contribution in [-0.2, 0) is 9.59 Å². The Morgan fingerprint density at radius 1 is 1.35 bits per heavy atom. The molecule has 20 heavy (non-hydrogen) atoms. The van der Waals surface area contributed by atoms with Gasteiger partial charge in [0.05, 0.1) is 12.6 Å². The summed E-state index contributed by atoms with van der Waals surface area (Å²) < 4.78 is 0. The van der Waals surface area contributed by atoms with Crippen molar-refractivity contribution in [2.45, 2.75) is 52.1 Å². The number of rotatable bonds is 5. The third-order valence-corrected chi connectivity index (χ3v) is 4.49. The minimum atomic E-state index is -0.0747. The van der Waals surface area contributed by atoms with Gasteiger partial charge in [-0.2, -0.15) is 0 Å². The van der Waals surface area contributed by atoms with Crippen molar-refractivity contribution in [1.82, 2.24) is 15.5 Å². The van der Waals surface area contributed by atoms with Crippen molar-refractivity contribution >= 4 is 11.8 Å². The third-order valence-electron chi connectivity index (χ3n) is 4.49. The van der Waals surface area contributed by atoms with Gasteiger partial charge in [-0.1, -0.05) is 6.42 Å². The molecule has 1 saturated heterocycles. The quantitative estimate of drug-likeness (QED) is 0.781. The molecule has 3 unspecified atom stereocenters. The third kappa shape index (κ3) is 3.32. The van der Waals surface area contributed by atoms with E-state index in [0.29, 0.717) is 18.4 Å². The van der Waals surface area contributed by atoms with Crippen molar-refractivity contribution in [3.63, 3.8) is 0 Å². The highest BCUT2D eigenvalue weighted by atomic mass is 16.2. The molecular formula is C15H27N3O2. The van der Waals surface area contributed by atoms with Crippen LogP contribution in [0.2, 0.25) is 0 Å². The van der Waals surface area contributed by atoms with Crippen molar-refractivity contribution < 1.29 is 9.59 Å². The first-order valence-corrected chi connectivity index (χ1v) is 7.84. The van der Waals surface area contributed by atoms with Gasteiger partial charge in [0.1, 0.15) is 0 Å². The van der Waals surface area contributed by atoms with Gasteiger partial charge in [0, 0.05) is 12.6 Å². The molecule has 0 radical (unpaired) electrons. The van der Waals surface area contributed by atoms with E-state index in [-0.39, 0.29) is 30.4 Å². The topological polar surface area (TPSA) is 61.4 Å². The molecule has 2 fully saturated rings. The van der Waals surface area contributed by atoms with E-state index in [9.17, 15) is 9.59 Å². The van der Waals surface area contributed by atoms with Crippen LogP contribution in [0.5, 0.6) is 0 Å². The molecule has 114 valence electrons. The molecule has 2 aliphatic rings. The molecule has 0 aromatic rings. The monoisotopic (exact) mass is 281 g/mol. The summed E-state index contributed by atoms with van der Waals surface area (Å²) in [6, 6.07) is 0.0365. The fourth-order valence-electron chi connectivity index (χ4n) is 3.54. The number of amides is 2. The van der Waals surface area contributed by atoms with Crippen LogP contribution in [0.4, 0.5) is 0 Å². The molecule has 2 rings (SSSR count). The van der Waals surface area contributed by atoms with E-state index < -0.39 is 0 Å². The Morgan fingerprint density at radius 2 is 2.10 bits per heavy atom. The van der Waals surface area contributed by atoms with E-state index >= 15 is 0 Å². The van der Waals surface area contributed by atoms with Crippen LogP contribution in [0.25, 0.3) is 0 Å². The molecule has 2 N–H and O–H groups in total. The Labute approximate surface area is 121 Å². The highest BCUT2D eigenvalue weighted by Gasteiger charge is 2.43. The molecule has 0 bridgehead atoms. The van der Waals surface area contributed by atoms with Crippen LogP contribution in [0.1, 0.15) is 40.0 Å². The Balaban J connectivity index is 1.93. The van der Waals surface area contributed by atoms with Crippen molar-refractivity contribution in [1.29, 1.82) is 0 Å². The Kier molecular flexibility index (Phi) is 5.02. The predicted molar refractivity (Wildman–Crippen MR) is 78.2 cm³/mol. The first-order chi connectivity index (χ1) is 9.52. The van der Waals surface area contributed by atoms with Crippen molar-refractivity contribution in [3.8, 4) is 0 Å². The smallest absolute Gasteiger partial charge is 0.240 e. The largest absolute Gasteiger partial charge is 0.352 e. The van der Waals surface area contributed by atoms with E-state index in [2.05, 4.69) is 10.6 Å². The number of likely N-dealkylation sites (N-methyl/N-ethyl adjacent to an activating group) is 1. The summed E-state index contributed by atoms with van der Waals surface area (Å²) in [5, 5.41) is 6.21. The Bertz CT molecular complexity index is 370. The maximum absolute atomic E-state index is 12.6. The van der Waals surface area contributed by atoms with Crippen LogP contribution >= 0.6 is 0 Å². The average molecular weight is 281 g/mol. The molecule has 0 aromatic carbocycles. The SMILES string of the molecule is CCN(CC(=O)NC(C)C)C(=O)C1NCC2CCCC21.